The summed E-state index contributed by atoms with van der Waals surface area (Å²) in [6.45, 7) is -0.908. The number of ether oxygens (including phenoxy) is 2. The summed E-state index contributed by atoms with van der Waals surface area (Å²) in [6, 6.07) is 5.18. The van der Waals surface area contributed by atoms with Crippen LogP contribution in [-0.4, -0.2) is 72.5 Å². The van der Waals surface area contributed by atoms with Crippen LogP contribution < -0.4 is 0 Å². The van der Waals surface area contributed by atoms with Gasteiger partial charge in [-0.1, -0.05) is 6.07 Å². The zero-order valence-electron chi connectivity index (χ0n) is 16.1. The molecule has 170 valence electrons. The SMILES string of the molecule is O=C(C=Cc1ccc(O)c(O)c1)O[C@@H](COC(=O)c1cc(O)c(O)c(O)c1)[C@@H](O)C(=O)O. The van der Waals surface area contributed by atoms with Gasteiger partial charge < -0.3 is 45.2 Å². The van der Waals surface area contributed by atoms with Gasteiger partial charge in [0.25, 0.3) is 0 Å². The number of carboxylic acid groups (broad SMARTS) is 1. The lowest BCUT2D eigenvalue weighted by atomic mass is 10.2. The maximum Gasteiger partial charge on any atom is 0.338 e. The third kappa shape index (κ3) is 6.03. The molecule has 0 spiro atoms. The molecule has 0 unspecified atom stereocenters. The van der Waals surface area contributed by atoms with Gasteiger partial charge in [0, 0.05) is 6.08 Å². The van der Waals surface area contributed by atoms with E-state index in [1.807, 2.05) is 0 Å². The van der Waals surface area contributed by atoms with E-state index in [1.165, 1.54) is 12.1 Å². The highest BCUT2D eigenvalue weighted by atomic mass is 16.6. The average molecular weight is 450 g/mol. The fraction of sp³-hybridized carbons (Fsp3) is 0.150. The van der Waals surface area contributed by atoms with Crippen molar-refractivity contribution >= 4 is 24.0 Å². The van der Waals surface area contributed by atoms with Gasteiger partial charge in [-0.25, -0.2) is 14.4 Å². The summed E-state index contributed by atoms with van der Waals surface area (Å²) < 4.78 is 9.59. The van der Waals surface area contributed by atoms with Gasteiger partial charge in [-0.15, -0.1) is 0 Å². The second-order valence-corrected chi connectivity index (χ2v) is 6.30. The maximum absolute atomic E-state index is 12.1. The molecule has 7 N–H and O–H groups in total. The second kappa shape index (κ2) is 10.0. The normalized spacial score (nSPS) is 12.8. The molecular formula is C20H18O12. The molecule has 2 atom stereocenters. The number of aliphatic hydroxyl groups is 1. The Morgan fingerprint density at radius 3 is 2.09 bits per heavy atom. The molecule has 0 bridgehead atoms. The minimum Gasteiger partial charge on any atom is -0.504 e. The van der Waals surface area contributed by atoms with Crippen molar-refractivity contribution in [2.45, 2.75) is 12.2 Å². The predicted molar refractivity (Wildman–Crippen MR) is 104 cm³/mol. The number of phenolic OH excluding ortho intramolecular Hbond substituents is 5. The lowest BCUT2D eigenvalue weighted by Crippen LogP contribution is -2.40. The Morgan fingerprint density at radius 2 is 1.53 bits per heavy atom. The number of esters is 2. The van der Waals surface area contributed by atoms with Gasteiger partial charge in [-0.2, -0.15) is 0 Å². The quantitative estimate of drug-likeness (QED) is 0.166. The molecule has 12 nitrogen and oxygen atoms in total. The van der Waals surface area contributed by atoms with Crippen molar-refractivity contribution in [3.05, 3.63) is 47.5 Å². The van der Waals surface area contributed by atoms with E-state index in [-0.39, 0.29) is 11.3 Å². The van der Waals surface area contributed by atoms with Gasteiger partial charge >= 0.3 is 17.9 Å². The Labute approximate surface area is 179 Å². The Hall–Kier alpha value is -4.45. The first kappa shape index (κ1) is 23.8. The molecule has 0 saturated heterocycles. The Bertz CT molecular complexity index is 1040. The van der Waals surface area contributed by atoms with Crippen molar-refractivity contribution in [2.75, 3.05) is 6.61 Å². The van der Waals surface area contributed by atoms with Gasteiger partial charge in [-0.05, 0) is 35.9 Å². The van der Waals surface area contributed by atoms with Crippen LogP contribution in [0, 0.1) is 0 Å². The first-order valence-electron chi connectivity index (χ1n) is 8.73. The molecule has 32 heavy (non-hydrogen) atoms. The number of aromatic hydroxyl groups is 5. The van der Waals surface area contributed by atoms with E-state index in [1.54, 1.807) is 0 Å². The molecule has 0 aliphatic carbocycles. The van der Waals surface area contributed by atoms with E-state index >= 15 is 0 Å². The molecule has 0 heterocycles. The van der Waals surface area contributed by atoms with E-state index in [4.69, 9.17) is 14.6 Å². The Kier molecular flexibility index (Phi) is 7.47. The number of carboxylic acids is 1. The fourth-order valence-electron chi connectivity index (χ4n) is 2.31. The van der Waals surface area contributed by atoms with Crippen LogP contribution in [0.3, 0.4) is 0 Å². The molecular weight excluding hydrogens is 432 g/mol. The molecule has 12 heteroatoms. The van der Waals surface area contributed by atoms with Crippen LogP contribution in [0.1, 0.15) is 15.9 Å². The lowest BCUT2D eigenvalue weighted by molar-refractivity contribution is -0.165. The molecule has 0 aliphatic heterocycles. The monoisotopic (exact) mass is 450 g/mol. The number of hydrogen-bond acceptors (Lipinski definition) is 11. The number of aliphatic carboxylic acids is 1. The van der Waals surface area contributed by atoms with Gasteiger partial charge in [0.15, 0.2) is 41.0 Å². The first-order valence-corrected chi connectivity index (χ1v) is 8.73. The van der Waals surface area contributed by atoms with Crippen LogP contribution in [-0.2, 0) is 19.1 Å². The lowest BCUT2D eigenvalue weighted by Gasteiger charge is -2.19. The standard InChI is InChI=1S/C20H18O12/c21-11-3-1-9(5-12(11)22)2-4-16(25)32-15(18(27)19(28)29)8-31-20(30)10-6-13(23)17(26)14(24)7-10/h1-7,15,18,21-24,26-27H,8H2,(H,28,29)/t15-,18+/m0/s1. The van der Waals surface area contributed by atoms with Crippen LogP contribution >= 0.6 is 0 Å². The summed E-state index contributed by atoms with van der Waals surface area (Å²) in [5.74, 6) is -7.44. The van der Waals surface area contributed by atoms with Gasteiger partial charge in [0.05, 0.1) is 5.56 Å². The Balaban J connectivity index is 2.08. The van der Waals surface area contributed by atoms with Crippen LogP contribution in [0.5, 0.6) is 28.7 Å². The minimum atomic E-state index is -2.26. The summed E-state index contributed by atoms with van der Waals surface area (Å²) >= 11 is 0. The fourth-order valence-corrected chi connectivity index (χ4v) is 2.31. The van der Waals surface area contributed by atoms with Crippen molar-refractivity contribution in [3.63, 3.8) is 0 Å². The summed E-state index contributed by atoms with van der Waals surface area (Å²) in [6.07, 6.45) is -2.09. The topological polar surface area (TPSA) is 211 Å². The van der Waals surface area contributed by atoms with Crippen molar-refractivity contribution in [3.8, 4) is 28.7 Å². The third-order valence-electron chi connectivity index (χ3n) is 3.97. The largest absolute Gasteiger partial charge is 0.504 e. The van der Waals surface area contributed by atoms with Crippen molar-refractivity contribution in [1.82, 2.24) is 0 Å². The second-order valence-electron chi connectivity index (χ2n) is 6.30. The number of aliphatic hydroxyl groups excluding tert-OH is 1. The van der Waals surface area contributed by atoms with Crippen molar-refractivity contribution < 1.29 is 59.6 Å². The number of rotatable bonds is 8. The molecule has 0 aliphatic rings. The highest BCUT2D eigenvalue weighted by molar-refractivity contribution is 5.91. The molecule has 2 rings (SSSR count). The molecule has 0 saturated carbocycles. The average Bonchev–Trinajstić information content (AvgIpc) is 2.74. The van der Waals surface area contributed by atoms with Crippen molar-refractivity contribution in [1.29, 1.82) is 0 Å². The highest BCUT2D eigenvalue weighted by Gasteiger charge is 2.30. The van der Waals surface area contributed by atoms with E-state index < -0.39 is 65.3 Å². The molecule has 2 aromatic carbocycles. The van der Waals surface area contributed by atoms with Gasteiger partial charge in [-0.3, -0.25) is 0 Å². The van der Waals surface area contributed by atoms with E-state index in [0.29, 0.717) is 0 Å². The summed E-state index contributed by atoms with van der Waals surface area (Å²) in [4.78, 5) is 35.1. The number of hydrogen-bond donors (Lipinski definition) is 7. The van der Waals surface area contributed by atoms with Crippen molar-refractivity contribution in [2.24, 2.45) is 0 Å². The Morgan fingerprint density at radius 1 is 0.906 bits per heavy atom. The summed E-state index contributed by atoms with van der Waals surface area (Å²) in [5.41, 5.74) is -0.134. The van der Waals surface area contributed by atoms with E-state index in [9.17, 15) is 45.0 Å². The van der Waals surface area contributed by atoms with Crippen LogP contribution in [0.25, 0.3) is 6.08 Å². The molecule has 0 aromatic heterocycles. The minimum absolute atomic E-state index is 0.283. The number of carbonyl (C=O) groups excluding carboxylic acids is 2. The first-order chi connectivity index (χ1) is 15.0. The number of carbonyl (C=O) groups is 3. The zero-order chi connectivity index (χ0) is 24.0. The summed E-state index contributed by atoms with van der Waals surface area (Å²) in [5, 5.41) is 65.5. The zero-order valence-corrected chi connectivity index (χ0v) is 16.1. The van der Waals surface area contributed by atoms with E-state index in [2.05, 4.69) is 0 Å². The summed E-state index contributed by atoms with van der Waals surface area (Å²) in [7, 11) is 0. The van der Waals surface area contributed by atoms with Gasteiger partial charge in [0.1, 0.15) is 6.61 Å². The van der Waals surface area contributed by atoms with Crippen LogP contribution in [0.2, 0.25) is 0 Å². The van der Waals surface area contributed by atoms with Gasteiger partial charge in [0.2, 0.25) is 0 Å². The molecule has 0 amide bonds. The smallest absolute Gasteiger partial charge is 0.338 e. The predicted octanol–water partition coefficient (Wildman–Crippen LogP) is 0.442. The third-order valence-corrected chi connectivity index (χ3v) is 3.97. The van der Waals surface area contributed by atoms with Crippen LogP contribution in [0.15, 0.2) is 36.4 Å². The van der Waals surface area contributed by atoms with E-state index in [0.717, 1.165) is 30.3 Å². The highest BCUT2D eigenvalue weighted by Crippen LogP contribution is 2.35. The number of phenols is 5. The number of benzene rings is 2. The molecule has 2 aromatic rings. The molecule has 0 radical (unpaired) electrons. The maximum atomic E-state index is 12.1. The molecule has 0 fully saturated rings. The van der Waals surface area contributed by atoms with Crippen LogP contribution in [0.4, 0.5) is 0 Å².